The Kier molecular flexibility index (Phi) is 5.70. The number of amides is 2. The SMILES string of the molecule is Cc1ccc(N2CC(c3nc(-c4cccc(C(=O)N5CCCCC5)c4)no3)CC2=O)cc1C. The third-order valence-electron chi connectivity index (χ3n) is 6.73. The molecule has 1 aromatic heterocycles. The lowest BCUT2D eigenvalue weighted by Gasteiger charge is -2.26. The van der Waals surface area contributed by atoms with Crippen molar-refractivity contribution in [2.24, 2.45) is 0 Å². The molecule has 33 heavy (non-hydrogen) atoms. The Labute approximate surface area is 193 Å². The van der Waals surface area contributed by atoms with Crippen molar-refractivity contribution in [3.8, 4) is 11.4 Å². The zero-order valence-corrected chi connectivity index (χ0v) is 19.1. The summed E-state index contributed by atoms with van der Waals surface area (Å²) in [4.78, 5) is 33.9. The lowest BCUT2D eigenvalue weighted by atomic mass is 10.1. The topological polar surface area (TPSA) is 79.5 Å². The van der Waals surface area contributed by atoms with Gasteiger partial charge in [-0.3, -0.25) is 9.59 Å². The van der Waals surface area contributed by atoms with Crippen molar-refractivity contribution in [3.05, 3.63) is 65.0 Å². The van der Waals surface area contributed by atoms with Crippen LogP contribution >= 0.6 is 0 Å². The van der Waals surface area contributed by atoms with Gasteiger partial charge in [0.15, 0.2) is 0 Å². The first-order chi connectivity index (χ1) is 16.0. The van der Waals surface area contributed by atoms with Crippen molar-refractivity contribution in [3.63, 3.8) is 0 Å². The maximum Gasteiger partial charge on any atom is 0.253 e. The highest BCUT2D eigenvalue weighted by Crippen LogP contribution is 2.33. The normalized spacial score (nSPS) is 18.7. The number of benzene rings is 2. The van der Waals surface area contributed by atoms with Crippen LogP contribution in [0.1, 0.15) is 59.0 Å². The Balaban J connectivity index is 1.33. The van der Waals surface area contributed by atoms with Gasteiger partial charge in [-0.25, -0.2) is 0 Å². The number of likely N-dealkylation sites (tertiary alicyclic amines) is 1. The van der Waals surface area contributed by atoms with E-state index in [1.807, 2.05) is 54.3 Å². The van der Waals surface area contributed by atoms with Crippen LogP contribution in [0.3, 0.4) is 0 Å². The third kappa shape index (κ3) is 4.27. The van der Waals surface area contributed by atoms with Crippen LogP contribution in [-0.4, -0.2) is 46.5 Å². The van der Waals surface area contributed by atoms with Crippen LogP contribution in [0, 0.1) is 13.8 Å². The average molecular weight is 445 g/mol. The van der Waals surface area contributed by atoms with Gasteiger partial charge in [0, 0.05) is 42.9 Å². The maximum absolute atomic E-state index is 12.9. The van der Waals surface area contributed by atoms with E-state index in [2.05, 4.69) is 17.1 Å². The summed E-state index contributed by atoms with van der Waals surface area (Å²) in [7, 11) is 0. The molecule has 2 fully saturated rings. The van der Waals surface area contributed by atoms with Gasteiger partial charge >= 0.3 is 0 Å². The second kappa shape index (κ2) is 8.81. The highest BCUT2D eigenvalue weighted by Gasteiger charge is 2.35. The molecule has 0 bridgehead atoms. The van der Waals surface area contributed by atoms with Crippen molar-refractivity contribution < 1.29 is 14.1 Å². The quantitative estimate of drug-likeness (QED) is 0.592. The van der Waals surface area contributed by atoms with E-state index in [9.17, 15) is 9.59 Å². The average Bonchev–Trinajstić information content (AvgIpc) is 3.48. The Bertz CT molecular complexity index is 1200. The summed E-state index contributed by atoms with van der Waals surface area (Å²) in [6, 6.07) is 13.4. The molecule has 170 valence electrons. The van der Waals surface area contributed by atoms with E-state index in [0.717, 1.165) is 42.7 Å². The van der Waals surface area contributed by atoms with Crippen LogP contribution in [-0.2, 0) is 4.79 Å². The number of aryl methyl sites for hydroxylation is 2. The van der Waals surface area contributed by atoms with Gasteiger partial charge in [-0.1, -0.05) is 23.4 Å². The smallest absolute Gasteiger partial charge is 0.253 e. The van der Waals surface area contributed by atoms with E-state index < -0.39 is 0 Å². The molecule has 0 saturated carbocycles. The fraction of sp³-hybridized carbons (Fsp3) is 0.385. The molecule has 7 heteroatoms. The summed E-state index contributed by atoms with van der Waals surface area (Å²) < 4.78 is 5.56. The molecule has 2 aromatic carbocycles. The maximum atomic E-state index is 12.9. The minimum absolute atomic E-state index is 0.0469. The Morgan fingerprint density at radius 2 is 1.85 bits per heavy atom. The molecule has 1 unspecified atom stereocenters. The number of aromatic nitrogens is 2. The van der Waals surface area contributed by atoms with Crippen LogP contribution in [0.4, 0.5) is 5.69 Å². The van der Waals surface area contributed by atoms with Gasteiger partial charge in [-0.05, 0) is 68.5 Å². The summed E-state index contributed by atoms with van der Waals surface area (Å²) in [5, 5.41) is 4.15. The van der Waals surface area contributed by atoms with Crippen LogP contribution in [0.25, 0.3) is 11.4 Å². The van der Waals surface area contributed by atoms with E-state index in [4.69, 9.17) is 4.52 Å². The molecule has 0 radical (unpaired) electrons. The number of carbonyl (C=O) groups is 2. The highest BCUT2D eigenvalue weighted by atomic mass is 16.5. The fourth-order valence-corrected chi connectivity index (χ4v) is 4.61. The minimum Gasteiger partial charge on any atom is -0.339 e. The molecule has 2 aliphatic heterocycles. The predicted molar refractivity (Wildman–Crippen MR) is 125 cm³/mol. The number of rotatable bonds is 4. The van der Waals surface area contributed by atoms with Crippen molar-refractivity contribution in [1.29, 1.82) is 0 Å². The number of hydrogen-bond acceptors (Lipinski definition) is 5. The fourth-order valence-electron chi connectivity index (χ4n) is 4.61. The summed E-state index contributed by atoms with van der Waals surface area (Å²) in [5.74, 6) is 0.842. The summed E-state index contributed by atoms with van der Waals surface area (Å²) in [6.45, 7) is 6.23. The van der Waals surface area contributed by atoms with Crippen molar-refractivity contribution >= 4 is 17.5 Å². The second-order valence-electron chi connectivity index (χ2n) is 9.06. The minimum atomic E-state index is -0.154. The lowest BCUT2D eigenvalue weighted by molar-refractivity contribution is -0.117. The van der Waals surface area contributed by atoms with E-state index in [-0.39, 0.29) is 17.7 Å². The molecule has 3 aromatic rings. The van der Waals surface area contributed by atoms with Crippen molar-refractivity contribution in [2.45, 2.75) is 45.4 Å². The van der Waals surface area contributed by atoms with E-state index in [0.29, 0.717) is 30.2 Å². The molecule has 3 heterocycles. The molecule has 2 amide bonds. The van der Waals surface area contributed by atoms with Crippen molar-refractivity contribution in [1.82, 2.24) is 15.0 Å². The van der Waals surface area contributed by atoms with Crippen LogP contribution in [0.5, 0.6) is 0 Å². The first-order valence-corrected chi connectivity index (χ1v) is 11.6. The molecular formula is C26H28N4O3. The molecule has 0 N–H and O–H groups in total. The van der Waals surface area contributed by atoms with Crippen LogP contribution < -0.4 is 4.90 Å². The zero-order valence-electron chi connectivity index (χ0n) is 19.1. The van der Waals surface area contributed by atoms with Gasteiger partial charge < -0.3 is 14.3 Å². The number of piperidine rings is 1. The van der Waals surface area contributed by atoms with Crippen molar-refractivity contribution in [2.75, 3.05) is 24.5 Å². The van der Waals surface area contributed by atoms with Gasteiger partial charge in [-0.2, -0.15) is 4.98 Å². The molecule has 2 saturated heterocycles. The predicted octanol–water partition coefficient (Wildman–Crippen LogP) is 4.50. The summed E-state index contributed by atoms with van der Waals surface area (Å²) >= 11 is 0. The van der Waals surface area contributed by atoms with Crippen LogP contribution in [0.2, 0.25) is 0 Å². The third-order valence-corrected chi connectivity index (χ3v) is 6.73. The van der Waals surface area contributed by atoms with Gasteiger partial charge in [0.1, 0.15) is 0 Å². The van der Waals surface area contributed by atoms with E-state index >= 15 is 0 Å². The number of carbonyl (C=O) groups excluding carboxylic acids is 2. The Morgan fingerprint density at radius 1 is 1.03 bits per heavy atom. The lowest BCUT2D eigenvalue weighted by Crippen LogP contribution is -2.35. The van der Waals surface area contributed by atoms with Gasteiger partial charge in [-0.15, -0.1) is 0 Å². The second-order valence-corrected chi connectivity index (χ2v) is 9.06. The summed E-state index contributed by atoms with van der Waals surface area (Å²) in [6.07, 6.45) is 3.62. The van der Waals surface area contributed by atoms with Gasteiger partial charge in [0.25, 0.3) is 5.91 Å². The monoisotopic (exact) mass is 444 g/mol. The standard InChI is InChI=1S/C26H28N4O3/c1-17-9-10-22(13-18(17)2)30-16-21(15-23(30)31)25-27-24(28-33-25)19-7-6-8-20(14-19)26(32)29-11-4-3-5-12-29/h6-10,13-14,21H,3-5,11-12,15-16H2,1-2H3. The summed E-state index contributed by atoms with van der Waals surface area (Å²) in [5.41, 5.74) is 4.63. The van der Waals surface area contributed by atoms with Gasteiger partial charge in [0.2, 0.25) is 17.6 Å². The number of anilines is 1. The van der Waals surface area contributed by atoms with E-state index in [1.54, 1.807) is 4.90 Å². The first-order valence-electron chi connectivity index (χ1n) is 11.6. The molecule has 7 nitrogen and oxygen atoms in total. The largest absolute Gasteiger partial charge is 0.339 e. The Hall–Kier alpha value is -3.48. The van der Waals surface area contributed by atoms with Crippen LogP contribution in [0.15, 0.2) is 47.0 Å². The molecule has 1 atom stereocenters. The Morgan fingerprint density at radius 3 is 2.64 bits per heavy atom. The highest BCUT2D eigenvalue weighted by molar-refractivity contribution is 5.96. The number of hydrogen-bond donors (Lipinski definition) is 0. The molecule has 0 spiro atoms. The molecule has 2 aliphatic rings. The van der Waals surface area contributed by atoms with E-state index in [1.165, 1.54) is 12.0 Å². The molecular weight excluding hydrogens is 416 g/mol. The first kappa shape index (κ1) is 21.4. The zero-order chi connectivity index (χ0) is 22.9. The molecule has 5 rings (SSSR count). The number of nitrogens with zero attached hydrogens (tertiary/aromatic N) is 4. The van der Waals surface area contributed by atoms with Gasteiger partial charge in [0.05, 0.1) is 5.92 Å². The molecule has 0 aliphatic carbocycles.